The fourth-order valence-corrected chi connectivity index (χ4v) is 4.57. The maximum Gasteiger partial charge on any atom is 0.264 e. The first-order chi connectivity index (χ1) is 13.8. The van der Waals surface area contributed by atoms with Gasteiger partial charge in [0.05, 0.1) is 29.9 Å². The van der Waals surface area contributed by atoms with Crippen molar-refractivity contribution in [2.75, 3.05) is 22.8 Å². The SMILES string of the molecule is CC[C@H](C)C(=O)Nc1cnc2c(c1)N(S(=O)(=O)c1cccc(Cl)c1)C[C@H](CO)O2. The number of aliphatic hydroxyl groups excluding tert-OH is 1. The van der Waals surface area contributed by atoms with E-state index in [0.717, 1.165) is 4.31 Å². The van der Waals surface area contributed by atoms with Crippen LogP contribution >= 0.6 is 11.6 Å². The molecule has 2 aromatic rings. The Bertz CT molecular complexity index is 1010. The molecule has 1 aromatic heterocycles. The summed E-state index contributed by atoms with van der Waals surface area (Å²) < 4.78 is 33.2. The van der Waals surface area contributed by atoms with Crippen molar-refractivity contribution in [2.45, 2.75) is 31.3 Å². The van der Waals surface area contributed by atoms with E-state index < -0.39 is 16.1 Å². The molecule has 29 heavy (non-hydrogen) atoms. The molecule has 0 fully saturated rings. The number of nitrogens with zero attached hydrogens (tertiary/aromatic N) is 2. The normalized spacial score (nSPS) is 17.2. The van der Waals surface area contributed by atoms with Crippen LogP contribution in [-0.4, -0.2) is 43.7 Å². The van der Waals surface area contributed by atoms with Gasteiger partial charge in [0.1, 0.15) is 11.8 Å². The van der Waals surface area contributed by atoms with E-state index in [1.54, 1.807) is 19.1 Å². The lowest BCUT2D eigenvalue weighted by Crippen LogP contribution is -2.45. The molecule has 0 saturated carbocycles. The largest absolute Gasteiger partial charge is 0.468 e. The lowest BCUT2D eigenvalue weighted by atomic mass is 10.1. The third-order valence-electron chi connectivity index (χ3n) is 4.66. The molecule has 1 aliphatic rings. The minimum absolute atomic E-state index is 0.00332. The topological polar surface area (TPSA) is 109 Å². The molecule has 0 aliphatic carbocycles. The summed E-state index contributed by atoms with van der Waals surface area (Å²) in [6.07, 6.45) is 1.29. The summed E-state index contributed by atoms with van der Waals surface area (Å²) in [5.74, 6) is -0.335. The van der Waals surface area contributed by atoms with Crippen LogP contribution in [0.15, 0.2) is 41.4 Å². The van der Waals surface area contributed by atoms with Crippen LogP contribution in [-0.2, 0) is 14.8 Å². The summed E-state index contributed by atoms with van der Waals surface area (Å²) in [5, 5.41) is 12.5. The van der Waals surface area contributed by atoms with Crippen molar-refractivity contribution in [2.24, 2.45) is 5.92 Å². The van der Waals surface area contributed by atoms with Gasteiger partial charge in [-0.25, -0.2) is 13.4 Å². The zero-order valence-corrected chi connectivity index (χ0v) is 17.6. The smallest absolute Gasteiger partial charge is 0.264 e. The molecular formula is C19H22ClN3O5S. The molecular weight excluding hydrogens is 418 g/mol. The second-order valence-corrected chi connectivity index (χ2v) is 9.06. The molecule has 2 N–H and O–H groups in total. The standard InChI is InChI=1S/C19H22ClN3O5S/c1-3-12(2)18(25)22-14-8-17-19(21-9-14)28-15(11-24)10-23(17)29(26,27)16-6-4-5-13(20)7-16/h4-9,12,15,24H,3,10-11H2,1-2H3,(H,22,25)/t12-,15+/m0/s1. The average molecular weight is 440 g/mol. The van der Waals surface area contributed by atoms with E-state index in [9.17, 15) is 18.3 Å². The van der Waals surface area contributed by atoms with Crippen molar-refractivity contribution >= 4 is 38.9 Å². The Balaban J connectivity index is 2.03. The number of amides is 1. The quantitative estimate of drug-likeness (QED) is 0.716. The van der Waals surface area contributed by atoms with Crippen LogP contribution in [0.25, 0.3) is 0 Å². The molecule has 8 nitrogen and oxygen atoms in total. The fourth-order valence-electron chi connectivity index (χ4n) is 2.79. The number of rotatable bonds is 6. The highest BCUT2D eigenvalue weighted by Gasteiger charge is 2.35. The Labute approximate surface area is 174 Å². The van der Waals surface area contributed by atoms with Gasteiger partial charge in [-0.3, -0.25) is 9.10 Å². The van der Waals surface area contributed by atoms with Gasteiger partial charge in [0, 0.05) is 10.9 Å². The first-order valence-electron chi connectivity index (χ1n) is 9.13. The highest BCUT2D eigenvalue weighted by molar-refractivity contribution is 7.92. The summed E-state index contributed by atoms with van der Waals surface area (Å²) in [7, 11) is -4.00. The Hall–Kier alpha value is -2.36. The second kappa shape index (κ2) is 8.56. The molecule has 2 heterocycles. The van der Waals surface area contributed by atoms with Gasteiger partial charge < -0.3 is 15.2 Å². The zero-order chi connectivity index (χ0) is 21.2. The van der Waals surface area contributed by atoms with Crippen molar-refractivity contribution in [3.8, 4) is 5.88 Å². The van der Waals surface area contributed by atoms with Crippen LogP contribution < -0.4 is 14.4 Å². The Morgan fingerprint density at radius 1 is 1.45 bits per heavy atom. The van der Waals surface area contributed by atoms with Gasteiger partial charge >= 0.3 is 0 Å². The van der Waals surface area contributed by atoms with Gasteiger partial charge in [0.2, 0.25) is 11.8 Å². The number of hydrogen-bond acceptors (Lipinski definition) is 6. The first-order valence-corrected chi connectivity index (χ1v) is 10.9. The Morgan fingerprint density at radius 3 is 2.86 bits per heavy atom. The van der Waals surface area contributed by atoms with Crippen LogP contribution in [0.5, 0.6) is 5.88 Å². The highest BCUT2D eigenvalue weighted by atomic mass is 35.5. The number of carbonyl (C=O) groups excluding carboxylic acids is 1. The molecule has 1 aliphatic heterocycles. The molecule has 10 heteroatoms. The van der Waals surface area contributed by atoms with E-state index in [1.165, 1.54) is 24.4 Å². The van der Waals surface area contributed by atoms with Crippen molar-refractivity contribution < 1.29 is 23.1 Å². The highest BCUT2D eigenvalue weighted by Crippen LogP contribution is 2.37. The molecule has 0 bridgehead atoms. The lowest BCUT2D eigenvalue weighted by molar-refractivity contribution is -0.119. The molecule has 0 spiro atoms. The van der Waals surface area contributed by atoms with Gasteiger partial charge in [-0.05, 0) is 30.7 Å². The predicted molar refractivity (Wildman–Crippen MR) is 110 cm³/mol. The van der Waals surface area contributed by atoms with Gasteiger partial charge in [-0.2, -0.15) is 0 Å². The van der Waals surface area contributed by atoms with Gasteiger partial charge in [-0.1, -0.05) is 31.5 Å². The Morgan fingerprint density at radius 2 is 2.21 bits per heavy atom. The molecule has 1 aromatic carbocycles. The second-order valence-electron chi connectivity index (χ2n) is 6.76. The Kier molecular flexibility index (Phi) is 6.30. The van der Waals surface area contributed by atoms with E-state index in [2.05, 4.69) is 10.3 Å². The molecule has 3 rings (SSSR count). The number of hydrogen-bond donors (Lipinski definition) is 2. The van der Waals surface area contributed by atoms with E-state index in [4.69, 9.17) is 16.3 Å². The monoisotopic (exact) mass is 439 g/mol. The summed E-state index contributed by atoms with van der Waals surface area (Å²) in [4.78, 5) is 16.4. The van der Waals surface area contributed by atoms with Gasteiger partial charge in [0.15, 0.2) is 0 Å². The number of pyridine rings is 1. The third kappa shape index (κ3) is 4.47. The summed E-state index contributed by atoms with van der Waals surface area (Å²) in [6.45, 7) is 3.21. The predicted octanol–water partition coefficient (Wildman–Crippen LogP) is 2.67. The number of nitrogens with one attached hydrogen (secondary N) is 1. The maximum absolute atomic E-state index is 13.3. The number of benzene rings is 1. The molecule has 1 amide bonds. The van der Waals surface area contributed by atoms with Crippen LogP contribution in [0.4, 0.5) is 11.4 Å². The first kappa shape index (κ1) is 21.4. The summed E-state index contributed by atoms with van der Waals surface area (Å²) >= 11 is 5.96. The number of halogens is 1. The van der Waals surface area contributed by atoms with Crippen LogP contribution in [0, 0.1) is 5.92 Å². The van der Waals surface area contributed by atoms with Crippen molar-refractivity contribution in [1.82, 2.24) is 4.98 Å². The molecule has 2 atom stereocenters. The average Bonchev–Trinajstić information content (AvgIpc) is 2.72. The number of fused-ring (bicyclic) bond motifs is 1. The van der Waals surface area contributed by atoms with Gasteiger partial charge in [0.25, 0.3) is 10.0 Å². The van der Waals surface area contributed by atoms with Crippen molar-refractivity contribution in [3.05, 3.63) is 41.6 Å². The molecule has 0 saturated heterocycles. The van der Waals surface area contributed by atoms with Crippen molar-refractivity contribution in [1.29, 1.82) is 0 Å². The number of ether oxygens (including phenoxy) is 1. The van der Waals surface area contributed by atoms with E-state index in [0.29, 0.717) is 12.1 Å². The number of carbonyl (C=O) groups is 1. The van der Waals surface area contributed by atoms with Crippen LogP contribution in [0.3, 0.4) is 0 Å². The number of aromatic nitrogens is 1. The molecule has 156 valence electrons. The van der Waals surface area contributed by atoms with E-state index >= 15 is 0 Å². The fraction of sp³-hybridized carbons (Fsp3) is 0.368. The minimum Gasteiger partial charge on any atom is -0.468 e. The number of sulfonamides is 1. The van der Waals surface area contributed by atoms with Gasteiger partial charge in [-0.15, -0.1) is 0 Å². The van der Waals surface area contributed by atoms with Crippen molar-refractivity contribution in [3.63, 3.8) is 0 Å². The lowest BCUT2D eigenvalue weighted by Gasteiger charge is -2.34. The minimum atomic E-state index is -4.00. The molecule has 0 unspecified atom stereocenters. The summed E-state index contributed by atoms with van der Waals surface area (Å²) in [6, 6.07) is 7.40. The third-order valence-corrected chi connectivity index (χ3v) is 6.67. The summed E-state index contributed by atoms with van der Waals surface area (Å²) in [5.41, 5.74) is 0.531. The zero-order valence-electron chi connectivity index (χ0n) is 16.0. The number of aliphatic hydroxyl groups is 1. The van der Waals surface area contributed by atoms with Crippen LogP contribution in [0.1, 0.15) is 20.3 Å². The van der Waals surface area contributed by atoms with E-state index in [-0.39, 0.29) is 46.5 Å². The maximum atomic E-state index is 13.3. The van der Waals surface area contributed by atoms with E-state index in [1.807, 2.05) is 6.92 Å². The van der Waals surface area contributed by atoms with Crippen LogP contribution in [0.2, 0.25) is 5.02 Å². The molecule has 0 radical (unpaired) electrons. The number of anilines is 2.